The summed E-state index contributed by atoms with van der Waals surface area (Å²) in [6, 6.07) is 10.2. The van der Waals surface area contributed by atoms with Crippen molar-refractivity contribution in [2.75, 3.05) is 12.4 Å². The number of aryl methyl sites for hydroxylation is 2. The monoisotopic (exact) mass is 342 g/mol. The number of hydrogen-bond donors (Lipinski definition) is 2. The molecule has 0 aliphatic rings. The first-order chi connectivity index (χ1) is 11.8. The summed E-state index contributed by atoms with van der Waals surface area (Å²) in [7, 11) is 1.77. The lowest BCUT2D eigenvalue weighted by molar-refractivity contribution is 0.0945. The van der Waals surface area contributed by atoms with Crippen molar-refractivity contribution in [1.82, 2.24) is 25.1 Å². The van der Waals surface area contributed by atoms with E-state index >= 15 is 0 Å². The normalized spacial score (nSPS) is 10.5. The second kappa shape index (κ2) is 7.69. The van der Waals surface area contributed by atoms with Crippen LogP contribution in [0.3, 0.4) is 0 Å². The predicted octanol–water partition coefficient (Wildman–Crippen LogP) is 1.95. The van der Waals surface area contributed by atoms with Crippen molar-refractivity contribution in [3.63, 3.8) is 0 Å². The molecule has 0 saturated carbocycles. The molecular weight excluding hydrogens is 324 g/mol. The molecule has 0 fully saturated rings. The highest BCUT2D eigenvalue weighted by Crippen LogP contribution is 2.14. The van der Waals surface area contributed by atoms with E-state index in [1.807, 2.05) is 22.8 Å². The fourth-order valence-electron chi connectivity index (χ4n) is 2.24. The van der Waals surface area contributed by atoms with Crippen LogP contribution < -0.4 is 10.6 Å². The van der Waals surface area contributed by atoms with E-state index in [-0.39, 0.29) is 5.91 Å². The Bertz CT molecular complexity index is 798. The average Bonchev–Trinajstić information content (AvgIpc) is 3.28. The van der Waals surface area contributed by atoms with Crippen LogP contribution in [0.15, 0.2) is 42.0 Å². The molecule has 8 heteroatoms. The molecule has 3 rings (SSSR count). The minimum absolute atomic E-state index is 0.217. The summed E-state index contributed by atoms with van der Waals surface area (Å²) >= 11 is 1.39. The van der Waals surface area contributed by atoms with Crippen LogP contribution in [-0.4, -0.2) is 32.7 Å². The molecule has 2 N–H and O–H groups in total. The van der Waals surface area contributed by atoms with Crippen LogP contribution in [0.5, 0.6) is 0 Å². The number of hydrogen-bond acceptors (Lipinski definition) is 6. The van der Waals surface area contributed by atoms with Crippen molar-refractivity contribution < 1.29 is 4.79 Å². The van der Waals surface area contributed by atoms with Crippen molar-refractivity contribution in [2.24, 2.45) is 0 Å². The van der Waals surface area contributed by atoms with Crippen LogP contribution in [0.25, 0.3) is 0 Å². The summed E-state index contributed by atoms with van der Waals surface area (Å²) < 4.78 is 1.95. The first-order valence-electron chi connectivity index (χ1n) is 7.58. The number of amides is 1. The number of carbonyl (C=O) groups is 1. The summed E-state index contributed by atoms with van der Waals surface area (Å²) in [4.78, 5) is 16.3. The Morgan fingerprint density at radius 3 is 2.88 bits per heavy atom. The van der Waals surface area contributed by atoms with E-state index in [4.69, 9.17) is 0 Å². The third-order valence-corrected chi connectivity index (χ3v) is 4.40. The number of aromatic nitrogens is 4. The number of nitrogens with zero attached hydrogens (tertiary/aromatic N) is 4. The van der Waals surface area contributed by atoms with Gasteiger partial charge in [-0.1, -0.05) is 30.3 Å². The van der Waals surface area contributed by atoms with Gasteiger partial charge in [-0.2, -0.15) is 0 Å². The second-order valence-corrected chi connectivity index (χ2v) is 6.00. The van der Waals surface area contributed by atoms with Gasteiger partial charge in [0, 0.05) is 19.0 Å². The van der Waals surface area contributed by atoms with Crippen LogP contribution in [0, 0.1) is 0 Å². The van der Waals surface area contributed by atoms with E-state index in [1.54, 1.807) is 18.8 Å². The Kier molecular flexibility index (Phi) is 5.17. The molecule has 0 aliphatic heterocycles. The van der Waals surface area contributed by atoms with Crippen LogP contribution in [0.1, 0.15) is 21.9 Å². The zero-order valence-corrected chi connectivity index (χ0v) is 14.1. The van der Waals surface area contributed by atoms with E-state index in [2.05, 4.69) is 37.9 Å². The largest absolute Gasteiger partial charge is 0.365 e. The molecule has 0 radical (unpaired) electrons. The molecule has 0 atom stereocenters. The molecule has 0 bridgehead atoms. The number of anilines is 1. The van der Waals surface area contributed by atoms with E-state index in [0.29, 0.717) is 17.4 Å². The van der Waals surface area contributed by atoms with Gasteiger partial charge in [-0.25, -0.2) is 4.98 Å². The van der Waals surface area contributed by atoms with Crippen LogP contribution in [0.2, 0.25) is 0 Å². The van der Waals surface area contributed by atoms with Crippen molar-refractivity contribution in [2.45, 2.75) is 19.5 Å². The first kappa shape index (κ1) is 16.1. The van der Waals surface area contributed by atoms with Gasteiger partial charge in [0.15, 0.2) is 11.0 Å². The minimum atomic E-state index is -0.217. The zero-order valence-electron chi connectivity index (χ0n) is 13.3. The second-order valence-electron chi connectivity index (χ2n) is 5.15. The third kappa shape index (κ3) is 3.96. The predicted molar refractivity (Wildman–Crippen MR) is 93.0 cm³/mol. The average molecular weight is 342 g/mol. The first-order valence-corrected chi connectivity index (χ1v) is 8.46. The fraction of sp³-hybridized carbons (Fsp3) is 0.250. The van der Waals surface area contributed by atoms with Gasteiger partial charge in [-0.15, -0.1) is 21.5 Å². The van der Waals surface area contributed by atoms with Crippen LogP contribution in [0.4, 0.5) is 5.13 Å². The van der Waals surface area contributed by atoms with Gasteiger partial charge in [0.05, 0.1) is 6.54 Å². The summed E-state index contributed by atoms with van der Waals surface area (Å²) in [5.41, 5.74) is 1.66. The lowest BCUT2D eigenvalue weighted by Crippen LogP contribution is -2.25. The smallest absolute Gasteiger partial charge is 0.271 e. The lowest BCUT2D eigenvalue weighted by Gasteiger charge is -2.07. The number of thiazole rings is 1. The number of carbonyl (C=O) groups excluding carboxylic acids is 1. The molecular formula is C16H18N6OS. The summed E-state index contributed by atoms with van der Waals surface area (Å²) in [5.74, 6) is 0.508. The highest BCUT2D eigenvalue weighted by atomic mass is 32.1. The Morgan fingerprint density at radius 1 is 1.29 bits per heavy atom. The van der Waals surface area contributed by atoms with Gasteiger partial charge >= 0.3 is 0 Å². The summed E-state index contributed by atoms with van der Waals surface area (Å²) in [6.07, 6.45) is 2.57. The Morgan fingerprint density at radius 2 is 2.12 bits per heavy atom. The lowest BCUT2D eigenvalue weighted by atomic mass is 10.1. The molecule has 3 aromatic rings. The van der Waals surface area contributed by atoms with Gasteiger partial charge < -0.3 is 15.2 Å². The molecule has 2 heterocycles. The van der Waals surface area contributed by atoms with Crippen molar-refractivity contribution in [3.05, 3.63) is 59.1 Å². The van der Waals surface area contributed by atoms with Crippen molar-refractivity contribution >= 4 is 22.4 Å². The molecule has 0 spiro atoms. The number of rotatable bonds is 7. The van der Waals surface area contributed by atoms with Crippen LogP contribution >= 0.6 is 11.3 Å². The zero-order chi connectivity index (χ0) is 16.8. The molecule has 1 aromatic carbocycles. The molecule has 2 aromatic heterocycles. The van der Waals surface area contributed by atoms with Gasteiger partial charge in [0.1, 0.15) is 12.0 Å². The highest BCUT2D eigenvalue weighted by Gasteiger charge is 2.12. The number of benzene rings is 1. The SMILES string of the molecule is CNc1nc(C(=O)NCc2nncn2CCc2ccccc2)cs1. The molecule has 0 unspecified atom stereocenters. The summed E-state index contributed by atoms with van der Waals surface area (Å²) in [6.45, 7) is 1.09. The Hall–Kier alpha value is -2.74. The van der Waals surface area contributed by atoms with Gasteiger partial charge in [-0.3, -0.25) is 4.79 Å². The van der Waals surface area contributed by atoms with Crippen LogP contribution in [-0.2, 0) is 19.5 Å². The highest BCUT2D eigenvalue weighted by molar-refractivity contribution is 7.13. The number of nitrogens with one attached hydrogen (secondary N) is 2. The Labute approximate surface area is 143 Å². The maximum absolute atomic E-state index is 12.1. The molecule has 7 nitrogen and oxygen atoms in total. The maximum atomic E-state index is 12.1. The van der Waals surface area contributed by atoms with Gasteiger partial charge in [-0.05, 0) is 12.0 Å². The quantitative estimate of drug-likeness (QED) is 0.685. The van der Waals surface area contributed by atoms with Gasteiger partial charge in [0.2, 0.25) is 0 Å². The standard InChI is InChI=1S/C16H18N6OS/c1-17-16-20-13(10-24-16)15(23)18-9-14-21-19-11-22(14)8-7-12-5-3-2-4-6-12/h2-6,10-11H,7-9H2,1H3,(H,17,20)(H,18,23). The maximum Gasteiger partial charge on any atom is 0.271 e. The molecule has 124 valence electrons. The third-order valence-electron chi connectivity index (χ3n) is 3.54. The topological polar surface area (TPSA) is 84.7 Å². The van der Waals surface area contributed by atoms with E-state index in [1.165, 1.54) is 16.9 Å². The molecule has 0 saturated heterocycles. The molecule has 24 heavy (non-hydrogen) atoms. The van der Waals surface area contributed by atoms with E-state index < -0.39 is 0 Å². The molecule has 1 amide bonds. The van der Waals surface area contributed by atoms with Crippen molar-refractivity contribution in [1.29, 1.82) is 0 Å². The van der Waals surface area contributed by atoms with E-state index in [0.717, 1.165) is 18.8 Å². The molecule has 0 aliphatic carbocycles. The van der Waals surface area contributed by atoms with Crippen molar-refractivity contribution in [3.8, 4) is 0 Å². The van der Waals surface area contributed by atoms with Gasteiger partial charge in [0.25, 0.3) is 5.91 Å². The minimum Gasteiger partial charge on any atom is -0.365 e. The summed E-state index contributed by atoms with van der Waals surface area (Å²) in [5, 5.41) is 16.2. The van der Waals surface area contributed by atoms with E-state index in [9.17, 15) is 4.79 Å². The fourth-order valence-corrected chi connectivity index (χ4v) is 2.89. The Balaban J connectivity index is 1.56.